The number of aromatic nitrogens is 2. The zero-order valence-electron chi connectivity index (χ0n) is 9.90. The molecule has 2 rings (SSSR count). The Morgan fingerprint density at radius 1 is 1.26 bits per heavy atom. The number of thiocarbonyl (C=S) groups is 1. The molecule has 1 aromatic carbocycles. The summed E-state index contributed by atoms with van der Waals surface area (Å²) in [5, 5.41) is 4.07. The monoisotopic (exact) mass is 285 g/mol. The smallest absolute Gasteiger partial charge is 0.389 e. The molecule has 0 aliphatic rings. The van der Waals surface area contributed by atoms with E-state index in [2.05, 4.69) is 5.10 Å². The number of rotatable bonds is 2. The van der Waals surface area contributed by atoms with E-state index in [-0.39, 0.29) is 4.99 Å². The van der Waals surface area contributed by atoms with E-state index in [4.69, 9.17) is 18.0 Å². The first-order chi connectivity index (χ1) is 8.80. The normalized spacial score (nSPS) is 11.6. The fourth-order valence-electron chi connectivity index (χ4n) is 1.70. The van der Waals surface area contributed by atoms with Crippen molar-refractivity contribution in [1.29, 1.82) is 0 Å². The highest BCUT2D eigenvalue weighted by atomic mass is 32.1. The summed E-state index contributed by atoms with van der Waals surface area (Å²) in [7, 11) is 0. The van der Waals surface area contributed by atoms with Gasteiger partial charge >= 0.3 is 6.18 Å². The van der Waals surface area contributed by atoms with Crippen LogP contribution in [0, 0.1) is 6.92 Å². The molecule has 7 heteroatoms. The van der Waals surface area contributed by atoms with Crippen LogP contribution in [0.25, 0.3) is 5.69 Å². The van der Waals surface area contributed by atoms with Crippen LogP contribution in [0.3, 0.4) is 0 Å². The molecule has 1 aromatic heterocycles. The van der Waals surface area contributed by atoms with Crippen LogP contribution < -0.4 is 5.73 Å². The second-order valence-corrected chi connectivity index (χ2v) is 4.40. The van der Waals surface area contributed by atoms with Crippen LogP contribution in [-0.4, -0.2) is 14.8 Å². The van der Waals surface area contributed by atoms with Gasteiger partial charge in [0.1, 0.15) is 4.99 Å². The van der Waals surface area contributed by atoms with Gasteiger partial charge in [0.25, 0.3) is 0 Å². The van der Waals surface area contributed by atoms with Gasteiger partial charge in [0, 0.05) is 0 Å². The molecule has 3 nitrogen and oxygen atoms in total. The van der Waals surface area contributed by atoms with E-state index in [1.165, 1.54) is 23.0 Å². The highest BCUT2D eigenvalue weighted by Gasteiger charge is 2.30. The summed E-state index contributed by atoms with van der Waals surface area (Å²) in [4.78, 5) is 0.204. The molecule has 2 aromatic rings. The third-order valence-corrected chi connectivity index (χ3v) is 2.93. The fourth-order valence-corrected chi connectivity index (χ4v) is 1.90. The van der Waals surface area contributed by atoms with E-state index in [9.17, 15) is 13.2 Å². The average Bonchev–Trinajstić information content (AvgIpc) is 2.70. The molecule has 0 aliphatic heterocycles. The minimum Gasteiger partial charge on any atom is -0.389 e. The van der Waals surface area contributed by atoms with Crippen LogP contribution in [0.5, 0.6) is 0 Å². The molecular weight excluding hydrogens is 275 g/mol. The van der Waals surface area contributed by atoms with Gasteiger partial charge in [0.05, 0.1) is 28.7 Å². The Balaban J connectivity index is 2.41. The van der Waals surface area contributed by atoms with Crippen molar-refractivity contribution >= 4 is 17.2 Å². The Hall–Kier alpha value is -1.89. The minimum absolute atomic E-state index is 0.204. The zero-order chi connectivity index (χ0) is 14.2. The second kappa shape index (κ2) is 4.65. The van der Waals surface area contributed by atoms with Gasteiger partial charge < -0.3 is 5.73 Å². The molecule has 100 valence electrons. The van der Waals surface area contributed by atoms with Crippen LogP contribution in [0.2, 0.25) is 0 Å². The molecule has 0 fully saturated rings. The quantitative estimate of drug-likeness (QED) is 0.863. The molecule has 1 heterocycles. The third kappa shape index (κ3) is 2.60. The van der Waals surface area contributed by atoms with Crippen molar-refractivity contribution in [3.8, 4) is 5.69 Å². The topological polar surface area (TPSA) is 43.8 Å². The van der Waals surface area contributed by atoms with Crippen LogP contribution in [0.15, 0.2) is 30.5 Å². The van der Waals surface area contributed by atoms with E-state index >= 15 is 0 Å². The first-order valence-electron chi connectivity index (χ1n) is 5.33. The number of alkyl halides is 3. The summed E-state index contributed by atoms with van der Waals surface area (Å²) in [6.45, 7) is 1.75. The first-order valence-corrected chi connectivity index (χ1v) is 5.73. The predicted molar refractivity (Wildman–Crippen MR) is 69.2 cm³/mol. The van der Waals surface area contributed by atoms with Gasteiger partial charge in [-0.25, -0.2) is 4.68 Å². The number of nitrogens with zero attached hydrogens (tertiary/aromatic N) is 2. The van der Waals surface area contributed by atoms with Crippen molar-refractivity contribution in [1.82, 2.24) is 9.78 Å². The lowest BCUT2D eigenvalue weighted by molar-refractivity contribution is -0.137. The van der Waals surface area contributed by atoms with Crippen molar-refractivity contribution in [3.63, 3.8) is 0 Å². The van der Waals surface area contributed by atoms with Gasteiger partial charge in [0.15, 0.2) is 0 Å². The van der Waals surface area contributed by atoms with Crippen molar-refractivity contribution in [3.05, 3.63) is 47.3 Å². The van der Waals surface area contributed by atoms with E-state index in [0.29, 0.717) is 16.9 Å². The Labute approximate surface area is 112 Å². The third-order valence-electron chi connectivity index (χ3n) is 2.71. The molecule has 0 radical (unpaired) electrons. The lowest BCUT2D eigenvalue weighted by atomic mass is 10.2. The molecule has 0 aliphatic carbocycles. The molecule has 0 saturated heterocycles. The van der Waals surface area contributed by atoms with Crippen LogP contribution >= 0.6 is 12.2 Å². The highest BCUT2D eigenvalue weighted by Crippen LogP contribution is 2.29. The SMILES string of the molecule is Cc1c(C(N)=S)cnn1-c1ccc(C(F)(F)F)cc1. The lowest BCUT2D eigenvalue weighted by Gasteiger charge is -2.09. The summed E-state index contributed by atoms with van der Waals surface area (Å²) in [5.41, 5.74) is 6.63. The van der Waals surface area contributed by atoms with Gasteiger partial charge in [-0.3, -0.25) is 0 Å². The van der Waals surface area contributed by atoms with E-state index in [1.54, 1.807) is 6.92 Å². The standard InChI is InChI=1S/C12H10F3N3S/c1-7-10(11(16)19)6-17-18(7)9-4-2-8(3-5-9)12(13,14)15/h2-6H,1H3,(H2,16,19). The molecule has 19 heavy (non-hydrogen) atoms. The number of hydrogen-bond donors (Lipinski definition) is 1. The molecule has 0 amide bonds. The Kier molecular flexibility index (Phi) is 3.32. The summed E-state index contributed by atoms with van der Waals surface area (Å²) in [5.74, 6) is 0. The minimum atomic E-state index is -4.35. The van der Waals surface area contributed by atoms with Gasteiger partial charge in [0.2, 0.25) is 0 Å². The fraction of sp³-hybridized carbons (Fsp3) is 0.167. The summed E-state index contributed by atoms with van der Waals surface area (Å²) < 4.78 is 38.9. The molecule has 0 saturated carbocycles. The maximum Gasteiger partial charge on any atom is 0.416 e. The Morgan fingerprint density at radius 2 is 1.84 bits per heavy atom. The van der Waals surface area contributed by atoms with Crippen molar-refractivity contribution < 1.29 is 13.2 Å². The van der Waals surface area contributed by atoms with Crippen LogP contribution in [0.4, 0.5) is 13.2 Å². The molecule has 0 spiro atoms. The van der Waals surface area contributed by atoms with Gasteiger partial charge in [-0.1, -0.05) is 12.2 Å². The Bertz CT molecular complexity index is 614. The van der Waals surface area contributed by atoms with Crippen LogP contribution in [0.1, 0.15) is 16.8 Å². The maximum atomic E-state index is 12.5. The average molecular weight is 285 g/mol. The van der Waals surface area contributed by atoms with E-state index in [1.807, 2.05) is 0 Å². The second-order valence-electron chi connectivity index (χ2n) is 3.96. The molecule has 0 atom stereocenters. The highest BCUT2D eigenvalue weighted by molar-refractivity contribution is 7.80. The van der Waals surface area contributed by atoms with Gasteiger partial charge in [-0.05, 0) is 31.2 Å². The number of nitrogens with two attached hydrogens (primary N) is 1. The largest absolute Gasteiger partial charge is 0.416 e. The number of hydrogen-bond acceptors (Lipinski definition) is 2. The first kappa shape index (κ1) is 13.5. The molecule has 0 unspecified atom stereocenters. The molecule has 2 N–H and O–H groups in total. The van der Waals surface area contributed by atoms with E-state index < -0.39 is 11.7 Å². The van der Waals surface area contributed by atoms with Crippen molar-refractivity contribution in [2.75, 3.05) is 0 Å². The maximum absolute atomic E-state index is 12.5. The van der Waals surface area contributed by atoms with Crippen molar-refractivity contribution in [2.24, 2.45) is 5.73 Å². The number of benzene rings is 1. The summed E-state index contributed by atoms with van der Waals surface area (Å²) in [6, 6.07) is 4.73. The summed E-state index contributed by atoms with van der Waals surface area (Å²) in [6.07, 6.45) is -2.85. The Morgan fingerprint density at radius 3 is 2.26 bits per heavy atom. The predicted octanol–water partition coefficient (Wildman–Crippen LogP) is 2.83. The van der Waals surface area contributed by atoms with E-state index in [0.717, 1.165) is 12.1 Å². The van der Waals surface area contributed by atoms with Gasteiger partial charge in [-0.2, -0.15) is 18.3 Å². The van der Waals surface area contributed by atoms with Crippen molar-refractivity contribution in [2.45, 2.75) is 13.1 Å². The van der Waals surface area contributed by atoms with Gasteiger partial charge in [-0.15, -0.1) is 0 Å². The van der Waals surface area contributed by atoms with Crippen LogP contribution in [-0.2, 0) is 6.18 Å². The molecular formula is C12H10F3N3S. The lowest BCUT2D eigenvalue weighted by Crippen LogP contribution is -2.11. The summed E-state index contributed by atoms with van der Waals surface area (Å²) >= 11 is 4.86. The number of halogens is 3. The molecule has 0 bridgehead atoms. The zero-order valence-corrected chi connectivity index (χ0v) is 10.7.